The largest absolute Gasteiger partial charge is 0.305 e. The van der Waals surface area contributed by atoms with Gasteiger partial charge in [-0.2, -0.15) is 4.39 Å². The van der Waals surface area contributed by atoms with E-state index in [0.717, 1.165) is 32.2 Å². The molecule has 0 radical (unpaired) electrons. The maximum Gasteiger partial charge on any atom is 0.305 e. The lowest BCUT2D eigenvalue weighted by molar-refractivity contribution is -0.387. The maximum absolute atomic E-state index is 14.0. The zero-order valence-electron chi connectivity index (χ0n) is 11.3. The molecule has 0 amide bonds. The van der Waals surface area contributed by atoms with Gasteiger partial charge < -0.3 is 0 Å². The van der Waals surface area contributed by atoms with Crippen molar-refractivity contribution < 1.29 is 9.31 Å². The molecule has 1 aliphatic carbocycles. The molecule has 1 aromatic carbocycles. The van der Waals surface area contributed by atoms with Gasteiger partial charge in [0, 0.05) is 50.4 Å². The summed E-state index contributed by atoms with van der Waals surface area (Å²) in [5, 5.41) is 10.7. The van der Waals surface area contributed by atoms with Gasteiger partial charge in [0.05, 0.1) is 4.92 Å². The van der Waals surface area contributed by atoms with Gasteiger partial charge in [0.1, 0.15) is 0 Å². The van der Waals surface area contributed by atoms with Crippen LogP contribution in [-0.2, 0) is 6.54 Å². The molecular formula is C14H18FN3O2. The molecule has 1 heterocycles. The Morgan fingerprint density at radius 1 is 1.25 bits per heavy atom. The van der Waals surface area contributed by atoms with Crippen LogP contribution in [0.3, 0.4) is 0 Å². The molecule has 2 aliphatic rings. The minimum atomic E-state index is -0.692. The summed E-state index contributed by atoms with van der Waals surface area (Å²) in [5.41, 5.74) is -0.0156. The molecule has 1 aliphatic heterocycles. The number of benzene rings is 1. The average molecular weight is 279 g/mol. The van der Waals surface area contributed by atoms with Crippen LogP contribution >= 0.6 is 0 Å². The Bertz CT molecular complexity index is 511. The fourth-order valence-electron chi connectivity index (χ4n) is 2.80. The Labute approximate surface area is 117 Å². The van der Waals surface area contributed by atoms with E-state index in [4.69, 9.17) is 0 Å². The molecule has 1 saturated heterocycles. The van der Waals surface area contributed by atoms with E-state index in [1.54, 1.807) is 12.1 Å². The molecule has 0 atom stereocenters. The zero-order valence-corrected chi connectivity index (χ0v) is 11.3. The first kappa shape index (κ1) is 13.5. The van der Waals surface area contributed by atoms with E-state index in [1.807, 2.05) is 0 Å². The average Bonchev–Trinajstić information content (AvgIpc) is 3.26. The van der Waals surface area contributed by atoms with Crippen molar-refractivity contribution in [2.45, 2.75) is 25.4 Å². The third-order valence-corrected chi connectivity index (χ3v) is 4.12. The number of rotatable bonds is 4. The second kappa shape index (κ2) is 5.46. The first-order valence-electron chi connectivity index (χ1n) is 7.03. The monoisotopic (exact) mass is 279 g/mol. The summed E-state index contributed by atoms with van der Waals surface area (Å²) in [6, 6.07) is 5.17. The van der Waals surface area contributed by atoms with Gasteiger partial charge in [0.2, 0.25) is 5.82 Å². The van der Waals surface area contributed by atoms with Gasteiger partial charge in [-0.05, 0) is 12.8 Å². The van der Waals surface area contributed by atoms with Crippen LogP contribution in [0.4, 0.5) is 10.1 Å². The van der Waals surface area contributed by atoms with Crippen molar-refractivity contribution in [2.24, 2.45) is 0 Å². The highest BCUT2D eigenvalue weighted by Crippen LogP contribution is 2.28. The molecule has 0 aromatic heterocycles. The number of nitro groups is 1. The highest BCUT2D eigenvalue weighted by atomic mass is 19.1. The molecule has 0 bridgehead atoms. The summed E-state index contributed by atoms with van der Waals surface area (Å²) < 4.78 is 14.0. The number of halogens is 1. The Morgan fingerprint density at radius 3 is 2.55 bits per heavy atom. The molecule has 108 valence electrons. The molecule has 5 nitrogen and oxygen atoms in total. The number of nitrogens with zero attached hydrogens (tertiary/aromatic N) is 3. The van der Waals surface area contributed by atoms with E-state index in [2.05, 4.69) is 9.80 Å². The van der Waals surface area contributed by atoms with E-state index >= 15 is 0 Å². The zero-order chi connectivity index (χ0) is 14.1. The number of piperazine rings is 1. The van der Waals surface area contributed by atoms with Crippen molar-refractivity contribution in [2.75, 3.05) is 26.2 Å². The standard InChI is InChI=1S/C14H18FN3O2/c15-14-11(2-1-3-13(14)18(19)20)10-16-6-8-17(9-7-16)12-4-5-12/h1-3,12H,4-10H2. The van der Waals surface area contributed by atoms with Gasteiger partial charge >= 0.3 is 5.69 Å². The normalized spacial score (nSPS) is 21.1. The second-order valence-electron chi connectivity index (χ2n) is 5.55. The van der Waals surface area contributed by atoms with Crippen molar-refractivity contribution in [3.05, 3.63) is 39.7 Å². The smallest absolute Gasteiger partial charge is 0.298 e. The van der Waals surface area contributed by atoms with Crippen LogP contribution in [0.25, 0.3) is 0 Å². The molecular weight excluding hydrogens is 261 g/mol. The summed E-state index contributed by atoms with van der Waals surface area (Å²) in [5.74, 6) is -0.692. The van der Waals surface area contributed by atoms with E-state index in [-0.39, 0.29) is 0 Å². The molecule has 6 heteroatoms. The Morgan fingerprint density at radius 2 is 1.95 bits per heavy atom. The van der Waals surface area contributed by atoms with Gasteiger partial charge in [-0.15, -0.1) is 0 Å². The van der Waals surface area contributed by atoms with Gasteiger partial charge in [-0.3, -0.25) is 19.9 Å². The molecule has 2 fully saturated rings. The van der Waals surface area contributed by atoms with Crippen molar-refractivity contribution in [1.82, 2.24) is 9.80 Å². The molecule has 1 saturated carbocycles. The summed E-state index contributed by atoms with van der Waals surface area (Å²) >= 11 is 0. The molecule has 20 heavy (non-hydrogen) atoms. The highest BCUT2D eigenvalue weighted by Gasteiger charge is 2.31. The van der Waals surface area contributed by atoms with Gasteiger partial charge in [-0.25, -0.2) is 0 Å². The summed E-state index contributed by atoms with van der Waals surface area (Å²) in [6.07, 6.45) is 2.61. The van der Waals surface area contributed by atoms with Crippen LogP contribution in [0.1, 0.15) is 18.4 Å². The predicted octanol–water partition coefficient (Wildman–Crippen LogP) is 2.01. The van der Waals surface area contributed by atoms with Gasteiger partial charge in [-0.1, -0.05) is 12.1 Å². The van der Waals surface area contributed by atoms with Crippen LogP contribution in [0.5, 0.6) is 0 Å². The van der Waals surface area contributed by atoms with Gasteiger partial charge in [0.25, 0.3) is 0 Å². The first-order valence-corrected chi connectivity index (χ1v) is 7.03. The fraction of sp³-hybridized carbons (Fsp3) is 0.571. The topological polar surface area (TPSA) is 49.6 Å². The molecule has 0 spiro atoms. The van der Waals surface area contributed by atoms with Crippen molar-refractivity contribution >= 4 is 5.69 Å². The van der Waals surface area contributed by atoms with Gasteiger partial charge in [0.15, 0.2) is 0 Å². The van der Waals surface area contributed by atoms with Crippen LogP contribution in [0.15, 0.2) is 18.2 Å². The quantitative estimate of drug-likeness (QED) is 0.625. The van der Waals surface area contributed by atoms with E-state index in [9.17, 15) is 14.5 Å². The summed E-state index contributed by atoms with van der Waals surface area (Å²) in [6.45, 7) is 4.28. The first-order chi connectivity index (χ1) is 9.65. The van der Waals surface area contributed by atoms with E-state index < -0.39 is 16.4 Å². The second-order valence-corrected chi connectivity index (χ2v) is 5.55. The lowest BCUT2D eigenvalue weighted by atomic mass is 10.1. The van der Waals surface area contributed by atoms with Crippen molar-refractivity contribution in [3.8, 4) is 0 Å². The number of hydrogen-bond donors (Lipinski definition) is 0. The Hall–Kier alpha value is -1.53. The predicted molar refractivity (Wildman–Crippen MR) is 72.9 cm³/mol. The van der Waals surface area contributed by atoms with Crippen LogP contribution in [0.2, 0.25) is 0 Å². The minimum absolute atomic E-state index is 0.416. The van der Waals surface area contributed by atoms with Crippen LogP contribution in [-0.4, -0.2) is 46.9 Å². The maximum atomic E-state index is 14.0. The van der Waals surface area contributed by atoms with Crippen LogP contribution in [0, 0.1) is 15.9 Å². The molecule has 0 N–H and O–H groups in total. The minimum Gasteiger partial charge on any atom is -0.298 e. The summed E-state index contributed by atoms with van der Waals surface area (Å²) in [4.78, 5) is 14.7. The molecule has 1 aromatic rings. The number of nitro benzene ring substituents is 1. The Kier molecular flexibility index (Phi) is 3.67. The fourth-order valence-corrected chi connectivity index (χ4v) is 2.80. The van der Waals surface area contributed by atoms with E-state index in [0.29, 0.717) is 12.1 Å². The lowest BCUT2D eigenvalue weighted by Crippen LogP contribution is -2.46. The third kappa shape index (κ3) is 2.81. The number of hydrogen-bond acceptors (Lipinski definition) is 4. The molecule has 3 rings (SSSR count). The SMILES string of the molecule is O=[N+]([O-])c1cccc(CN2CCN(C3CC3)CC2)c1F. The lowest BCUT2D eigenvalue weighted by Gasteiger charge is -2.34. The van der Waals surface area contributed by atoms with Crippen molar-refractivity contribution in [3.63, 3.8) is 0 Å². The summed E-state index contributed by atoms with van der Waals surface area (Å²) in [7, 11) is 0. The van der Waals surface area contributed by atoms with Crippen LogP contribution < -0.4 is 0 Å². The van der Waals surface area contributed by atoms with Crippen molar-refractivity contribution in [1.29, 1.82) is 0 Å². The Balaban J connectivity index is 1.63. The molecule has 0 unspecified atom stereocenters. The third-order valence-electron chi connectivity index (χ3n) is 4.12. The highest BCUT2D eigenvalue weighted by molar-refractivity contribution is 5.36. The van der Waals surface area contributed by atoms with E-state index in [1.165, 1.54) is 18.9 Å².